The Morgan fingerprint density at radius 2 is 1.46 bits per heavy atom. The zero-order valence-electron chi connectivity index (χ0n) is 22.7. The van der Waals surface area contributed by atoms with Crippen molar-refractivity contribution in [2.24, 2.45) is 0 Å². The van der Waals surface area contributed by atoms with Crippen molar-refractivity contribution in [2.45, 2.75) is 31.5 Å². The lowest BCUT2D eigenvalue weighted by Gasteiger charge is -2.33. The number of hydrogen-bond acceptors (Lipinski definition) is 6. The summed E-state index contributed by atoms with van der Waals surface area (Å²) in [5, 5.41) is 5.55. The van der Waals surface area contributed by atoms with Gasteiger partial charge < -0.3 is 29.0 Å². The summed E-state index contributed by atoms with van der Waals surface area (Å²) >= 11 is 0. The van der Waals surface area contributed by atoms with Gasteiger partial charge in [-0.2, -0.15) is 0 Å². The molecule has 0 aromatic heterocycles. The molecule has 1 N–H and O–H groups in total. The summed E-state index contributed by atoms with van der Waals surface area (Å²) in [4.78, 5) is 0. The molecule has 1 aliphatic rings. The molecule has 2 atom stereocenters. The molecule has 6 heteroatoms. The van der Waals surface area contributed by atoms with Crippen LogP contribution in [-0.2, 0) is 11.3 Å². The highest BCUT2D eigenvalue weighted by atomic mass is 16.5. The van der Waals surface area contributed by atoms with Crippen LogP contribution < -0.4 is 24.3 Å². The molecule has 1 aliphatic heterocycles. The lowest BCUT2D eigenvalue weighted by molar-refractivity contribution is 0.00983. The summed E-state index contributed by atoms with van der Waals surface area (Å²) in [6.45, 7) is 3.46. The lowest BCUT2D eigenvalue weighted by atomic mass is 9.87. The first-order valence-corrected chi connectivity index (χ1v) is 13.6. The van der Waals surface area contributed by atoms with Gasteiger partial charge in [0.25, 0.3) is 0 Å². The van der Waals surface area contributed by atoms with Gasteiger partial charge in [0.1, 0.15) is 23.0 Å². The molecule has 2 unspecified atom stereocenters. The van der Waals surface area contributed by atoms with Crippen LogP contribution in [-0.4, -0.2) is 46.6 Å². The van der Waals surface area contributed by atoms with Crippen molar-refractivity contribution in [2.75, 3.05) is 40.5 Å². The average molecular weight is 528 g/mol. The minimum absolute atomic E-state index is 0.0443. The molecule has 6 nitrogen and oxygen atoms in total. The van der Waals surface area contributed by atoms with Gasteiger partial charge in [-0.15, -0.1) is 0 Å². The smallest absolute Gasteiger partial charge is 0.132 e. The van der Waals surface area contributed by atoms with Gasteiger partial charge in [0.15, 0.2) is 0 Å². The molecule has 0 aliphatic carbocycles. The number of methoxy groups -OCH3 is 2. The molecule has 0 spiro atoms. The molecule has 1 saturated heterocycles. The predicted molar refractivity (Wildman–Crippen MR) is 154 cm³/mol. The highest BCUT2D eigenvalue weighted by Crippen LogP contribution is 2.38. The summed E-state index contributed by atoms with van der Waals surface area (Å²) < 4.78 is 29.7. The molecule has 5 rings (SSSR count). The third-order valence-electron chi connectivity index (χ3n) is 7.22. The summed E-state index contributed by atoms with van der Waals surface area (Å²) in [7, 11) is 3.41. The second-order valence-corrected chi connectivity index (χ2v) is 9.70. The molecule has 0 amide bonds. The van der Waals surface area contributed by atoms with Crippen molar-refractivity contribution < 1.29 is 23.7 Å². The highest BCUT2D eigenvalue weighted by molar-refractivity contribution is 5.94. The van der Waals surface area contributed by atoms with Crippen LogP contribution >= 0.6 is 0 Å². The molecule has 1 heterocycles. The fourth-order valence-corrected chi connectivity index (χ4v) is 5.24. The van der Waals surface area contributed by atoms with E-state index in [1.165, 1.54) is 5.56 Å². The summed E-state index contributed by atoms with van der Waals surface area (Å²) in [6, 6.07) is 28.5. The van der Waals surface area contributed by atoms with Crippen LogP contribution in [0.4, 0.5) is 0 Å². The van der Waals surface area contributed by atoms with E-state index in [1.807, 2.05) is 54.6 Å². The van der Waals surface area contributed by atoms with Crippen molar-refractivity contribution in [3.8, 4) is 23.0 Å². The molecule has 4 aromatic rings. The highest BCUT2D eigenvalue weighted by Gasteiger charge is 2.28. The molecule has 0 radical (unpaired) electrons. The summed E-state index contributed by atoms with van der Waals surface area (Å²) in [6.07, 6.45) is 1.88. The van der Waals surface area contributed by atoms with Crippen molar-refractivity contribution in [3.05, 3.63) is 96.1 Å². The molecule has 39 heavy (non-hydrogen) atoms. The minimum atomic E-state index is 0.0443. The Labute approximate surface area is 230 Å². The normalized spacial score (nSPS) is 17.1. The first-order chi connectivity index (χ1) is 19.3. The number of piperidine rings is 1. The first kappa shape index (κ1) is 26.9. The molecule has 1 fully saturated rings. The number of hydrogen-bond donors (Lipinski definition) is 1. The van der Waals surface area contributed by atoms with Gasteiger partial charge >= 0.3 is 0 Å². The van der Waals surface area contributed by atoms with E-state index < -0.39 is 0 Å². The maximum atomic E-state index is 6.54. The number of fused-ring (bicyclic) bond motifs is 1. The Bertz CT molecular complexity index is 1330. The number of ether oxygens (including phenoxy) is 5. The standard InChI is InChI=1S/C33H37NO5/c1-35-31-21-25(33(36-2)30-12-7-6-11-29(30)31)23-39-32-22-34-18-17-28(32)24-13-15-27(16-14-24)38-20-8-19-37-26-9-4-3-5-10-26/h3-7,9-16,21,28,32,34H,8,17-20,22-23H2,1-2H3. The monoisotopic (exact) mass is 527 g/mol. The fraction of sp³-hybridized carbons (Fsp3) is 0.333. The van der Waals surface area contributed by atoms with Gasteiger partial charge in [0, 0.05) is 35.2 Å². The number of nitrogens with one attached hydrogen (secondary N) is 1. The molecular weight excluding hydrogens is 490 g/mol. The topological polar surface area (TPSA) is 58.2 Å². The second-order valence-electron chi connectivity index (χ2n) is 9.70. The largest absolute Gasteiger partial charge is 0.496 e. The van der Waals surface area contributed by atoms with Crippen molar-refractivity contribution >= 4 is 10.8 Å². The maximum Gasteiger partial charge on any atom is 0.132 e. The van der Waals surface area contributed by atoms with Gasteiger partial charge in [-0.05, 0) is 48.9 Å². The zero-order valence-corrected chi connectivity index (χ0v) is 22.7. The third kappa shape index (κ3) is 6.64. The zero-order chi connectivity index (χ0) is 26.9. The molecule has 4 aromatic carbocycles. The lowest BCUT2D eigenvalue weighted by Crippen LogP contribution is -2.41. The Morgan fingerprint density at radius 3 is 2.18 bits per heavy atom. The van der Waals surface area contributed by atoms with Crippen LogP contribution in [0.25, 0.3) is 10.8 Å². The number of rotatable bonds is 12. The van der Waals surface area contributed by atoms with Gasteiger partial charge in [-0.3, -0.25) is 0 Å². The summed E-state index contributed by atoms with van der Waals surface area (Å²) in [5.41, 5.74) is 2.25. The van der Waals surface area contributed by atoms with E-state index in [2.05, 4.69) is 35.6 Å². The Morgan fingerprint density at radius 1 is 0.769 bits per heavy atom. The van der Waals surface area contributed by atoms with Crippen LogP contribution in [0.3, 0.4) is 0 Å². The Kier molecular flexibility index (Phi) is 9.20. The van der Waals surface area contributed by atoms with Crippen molar-refractivity contribution in [1.82, 2.24) is 5.32 Å². The van der Waals surface area contributed by atoms with E-state index in [1.54, 1.807) is 14.2 Å². The van der Waals surface area contributed by atoms with E-state index in [0.717, 1.165) is 65.3 Å². The third-order valence-corrected chi connectivity index (χ3v) is 7.22. The number of para-hydroxylation sites is 1. The van der Waals surface area contributed by atoms with Crippen LogP contribution in [0, 0.1) is 0 Å². The summed E-state index contributed by atoms with van der Waals surface area (Å²) in [5.74, 6) is 3.72. The molecule has 0 saturated carbocycles. The van der Waals surface area contributed by atoms with E-state index in [9.17, 15) is 0 Å². The minimum Gasteiger partial charge on any atom is -0.496 e. The van der Waals surface area contributed by atoms with Crippen LogP contribution in [0.1, 0.15) is 29.9 Å². The second kappa shape index (κ2) is 13.4. The molecule has 0 bridgehead atoms. The van der Waals surface area contributed by atoms with Crippen molar-refractivity contribution in [1.29, 1.82) is 0 Å². The van der Waals surface area contributed by atoms with Gasteiger partial charge in [-0.25, -0.2) is 0 Å². The van der Waals surface area contributed by atoms with Crippen molar-refractivity contribution in [3.63, 3.8) is 0 Å². The van der Waals surface area contributed by atoms with Crippen LogP contribution in [0.15, 0.2) is 84.9 Å². The Balaban J connectivity index is 1.19. The van der Waals surface area contributed by atoms with Gasteiger partial charge in [0.2, 0.25) is 0 Å². The van der Waals surface area contributed by atoms with E-state index in [-0.39, 0.29) is 6.10 Å². The SMILES string of the molecule is COc1cc(COC2CNCCC2c2ccc(OCCCOc3ccccc3)cc2)c(OC)c2ccccc12. The van der Waals surface area contributed by atoms with Gasteiger partial charge in [0.05, 0.1) is 40.1 Å². The predicted octanol–water partition coefficient (Wildman–Crippen LogP) is 6.37. The number of benzene rings is 4. The quantitative estimate of drug-likeness (QED) is 0.216. The van der Waals surface area contributed by atoms with E-state index >= 15 is 0 Å². The van der Waals surface area contributed by atoms with E-state index in [4.69, 9.17) is 23.7 Å². The van der Waals surface area contributed by atoms with Gasteiger partial charge in [-0.1, -0.05) is 54.6 Å². The van der Waals surface area contributed by atoms with Crippen LogP contribution in [0.5, 0.6) is 23.0 Å². The molecular formula is C33H37NO5. The first-order valence-electron chi connectivity index (χ1n) is 13.6. The average Bonchev–Trinajstić information content (AvgIpc) is 3.00. The Hall–Kier alpha value is -3.74. The fourth-order valence-electron chi connectivity index (χ4n) is 5.24. The van der Waals surface area contributed by atoms with E-state index in [0.29, 0.717) is 25.7 Å². The molecule has 204 valence electrons. The maximum absolute atomic E-state index is 6.54. The van der Waals surface area contributed by atoms with Crippen LogP contribution in [0.2, 0.25) is 0 Å².